The highest BCUT2D eigenvalue weighted by Gasteiger charge is 2.18. The third-order valence-electron chi connectivity index (χ3n) is 16.6. The average molecular weight is 1110 g/mol. The summed E-state index contributed by atoms with van der Waals surface area (Å²) >= 11 is 0. The highest BCUT2D eigenvalue weighted by molar-refractivity contribution is 5.76. The van der Waals surface area contributed by atoms with E-state index in [0.29, 0.717) is 19.4 Å². The minimum absolute atomic E-state index is 0.00586. The van der Waals surface area contributed by atoms with Gasteiger partial charge in [0.2, 0.25) is 5.91 Å². The zero-order valence-corrected chi connectivity index (χ0v) is 53.4. The number of aliphatic hydroxyl groups excluding tert-OH is 2. The Morgan fingerprint density at radius 3 is 0.899 bits per heavy atom. The van der Waals surface area contributed by atoms with Crippen LogP contribution in [0.1, 0.15) is 393 Å². The maximum absolute atomic E-state index is 12.5. The van der Waals surface area contributed by atoms with Gasteiger partial charge in [-0.1, -0.05) is 333 Å². The van der Waals surface area contributed by atoms with E-state index in [2.05, 4.69) is 43.5 Å². The number of unbranched alkanes of at least 4 members (excludes halogenated alkanes) is 52. The Labute approximate surface area is 494 Å². The van der Waals surface area contributed by atoms with E-state index >= 15 is 0 Å². The smallest absolute Gasteiger partial charge is 0.305 e. The molecular weight excluding hydrogens is 971 g/mol. The summed E-state index contributed by atoms with van der Waals surface area (Å²) in [5.74, 6) is -0.0670. The lowest BCUT2D eigenvalue weighted by atomic mass is 10.0. The van der Waals surface area contributed by atoms with Crippen molar-refractivity contribution < 1.29 is 24.5 Å². The number of amides is 1. The lowest BCUT2D eigenvalue weighted by Gasteiger charge is -2.20. The number of rotatable bonds is 67. The summed E-state index contributed by atoms with van der Waals surface area (Å²) < 4.78 is 5.50. The minimum atomic E-state index is -0.852. The van der Waals surface area contributed by atoms with Gasteiger partial charge in [0.15, 0.2) is 0 Å². The molecule has 0 aliphatic rings. The first-order chi connectivity index (χ1) is 39.0. The quantitative estimate of drug-likeness (QED) is 0.0320. The number of allylic oxidation sites excluding steroid dienone is 5. The van der Waals surface area contributed by atoms with Crippen LogP contribution in [0.5, 0.6) is 0 Å². The summed E-state index contributed by atoms with van der Waals surface area (Å²) in [5, 5.41) is 23.3. The highest BCUT2D eigenvalue weighted by atomic mass is 16.5. The summed E-state index contributed by atoms with van der Waals surface area (Å²) in [6, 6.07) is -0.636. The monoisotopic (exact) mass is 1110 g/mol. The molecule has 6 heteroatoms. The van der Waals surface area contributed by atoms with Crippen LogP contribution in [-0.4, -0.2) is 47.4 Å². The molecule has 0 bridgehead atoms. The van der Waals surface area contributed by atoms with Gasteiger partial charge in [-0.3, -0.25) is 9.59 Å². The first kappa shape index (κ1) is 77.1. The normalized spacial score (nSPS) is 12.7. The van der Waals surface area contributed by atoms with Crippen molar-refractivity contribution in [2.45, 2.75) is 405 Å². The second-order valence-electron chi connectivity index (χ2n) is 24.6. The second kappa shape index (κ2) is 68.6. The Morgan fingerprint density at radius 1 is 0.342 bits per heavy atom. The Balaban J connectivity index is 3.44. The van der Waals surface area contributed by atoms with Gasteiger partial charge in [0.05, 0.1) is 25.4 Å². The Morgan fingerprint density at radius 2 is 0.595 bits per heavy atom. The fourth-order valence-electron chi connectivity index (χ4n) is 11.2. The van der Waals surface area contributed by atoms with Crippen LogP contribution in [0.3, 0.4) is 0 Å². The number of esters is 1. The molecule has 0 rings (SSSR count). The summed E-state index contributed by atoms with van der Waals surface area (Å²) in [7, 11) is 0. The van der Waals surface area contributed by atoms with Crippen LogP contribution in [0.4, 0.5) is 0 Å². The van der Waals surface area contributed by atoms with Crippen molar-refractivity contribution in [2.75, 3.05) is 13.2 Å². The predicted molar refractivity (Wildman–Crippen MR) is 347 cm³/mol. The van der Waals surface area contributed by atoms with Crippen molar-refractivity contribution in [1.82, 2.24) is 5.32 Å². The maximum atomic E-state index is 12.5. The molecule has 0 saturated carbocycles. The van der Waals surface area contributed by atoms with Gasteiger partial charge in [0, 0.05) is 12.8 Å². The Hall–Kier alpha value is -1.92. The first-order valence-corrected chi connectivity index (χ1v) is 35.8. The minimum Gasteiger partial charge on any atom is -0.466 e. The van der Waals surface area contributed by atoms with Crippen LogP contribution in [0.25, 0.3) is 0 Å². The number of nitrogens with one attached hydrogen (secondary N) is 1. The van der Waals surface area contributed by atoms with Crippen LogP contribution in [0.15, 0.2) is 36.5 Å². The van der Waals surface area contributed by atoms with E-state index in [1.807, 2.05) is 6.08 Å². The zero-order chi connectivity index (χ0) is 57.1. The van der Waals surface area contributed by atoms with Crippen molar-refractivity contribution >= 4 is 11.9 Å². The Kier molecular flexibility index (Phi) is 66.9. The summed E-state index contributed by atoms with van der Waals surface area (Å²) in [6.07, 6.45) is 87.9. The first-order valence-electron chi connectivity index (χ1n) is 35.8. The molecule has 466 valence electrons. The van der Waals surface area contributed by atoms with Gasteiger partial charge in [0.25, 0.3) is 0 Å². The summed E-state index contributed by atoms with van der Waals surface area (Å²) in [6.45, 7) is 4.93. The molecule has 0 aliphatic carbocycles. The average Bonchev–Trinajstić information content (AvgIpc) is 3.45. The number of hydrogen-bond donors (Lipinski definition) is 3. The zero-order valence-electron chi connectivity index (χ0n) is 53.4. The maximum Gasteiger partial charge on any atom is 0.305 e. The van der Waals surface area contributed by atoms with E-state index in [-0.39, 0.29) is 18.5 Å². The fraction of sp³-hybridized carbons (Fsp3) is 0.890. The van der Waals surface area contributed by atoms with Crippen LogP contribution in [0.2, 0.25) is 0 Å². The van der Waals surface area contributed by atoms with Gasteiger partial charge >= 0.3 is 5.97 Å². The van der Waals surface area contributed by atoms with Crippen LogP contribution in [0, 0.1) is 0 Å². The molecule has 1 amide bonds. The molecule has 0 aromatic rings. The molecule has 79 heavy (non-hydrogen) atoms. The van der Waals surface area contributed by atoms with E-state index in [1.165, 1.54) is 315 Å². The van der Waals surface area contributed by atoms with Crippen molar-refractivity contribution in [3.63, 3.8) is 0 Å². The molecule has 0 aromatic heterocycles. The van der Waals surface area contributed by atoms with Gasteiger partial charge in [-0.05, 0) is 83.5 Å². The number of aliphatic hydroxyl groups is 2. The van der Waals surface area contributed by atoms with Gasteiger partial charge in [0.1, 0.15) is 0 Å². The third-order valence-corrected chi connectivity index (χ3v) is 16.6. The topological polar surface area (TPSA) is 95.9 Å². The van der Waals surface area contributed by atoms with Crippen molar-refractivity contribution in [3.05, 3.63) is 36.5 Å². The predicted octanol–water partition coefficient (Wildman–Crippen LogP) is 23.1. The van der Waals surface area contributed by atoms with Crippen LogP contribution >= 0.6 is 0 Å². The number of carbonyl (C=O) groups excluding carboxylic acids is 2. The molecule has 0 fully saturated rings. The SMILES string of the molecule is CCCCCCCC/C=C\CCCCCCCCCCCC(=O)OCCCCCCCCCCC/C=C\CCCCCCCCCC(=O)NC(CO)C(O)/C=C/CCCCCCCCCCCCCCCCCCCCCCC. The van der Waals surface area contributed by atoms with Gasteiger partial charge < -0.3 is 20.3 Å². The lowest BCUT2D eigenvalue weighted by molar-refractivity contribution is -0.143. The summed E-state index contributed by atoms with van der Waals surface area (Å²) in [4.78, 5) is 24.6. The fourth-order valence-corrected chi connectivity index (χ4v) is 11.2. The standard InChI is InChI=1S/C73H139NO5/c1-3-5-7-9-11-13-15-17-19-21-23-24-25-26-30-33-37-41-45-49-53-57-61-65-71(76)70(69-75)74-72(77)66-62-58-54-50-46-42-38-34-31-27-28-32-36-40-44-48-52-56-60-64-68-79-73(78)67-63-59-55-51-47-43-39-35-29-22-20-18-16-14-12-10-8-6-4-2/h18,20,27,31,61,65,70-71,75-76H,3-17,19,21-26,28-30,32-60,62-64,66-69H2,1-2H3,(H,74,77)/b20-18-,31-27-,65-61+. The molecule has 2 unspecified atom stereocenters. The highest BCUT2D eigenvalue weighted by Crippen LogP contribution is 2.18. The molecule has 0 aliphatic heterocycles. The Bertz CT molecular complexity index is 1280. The van der Waals surface area contributed by atoms with Crippen molar-refractivity contribution in [3.8, 4) is 0 Å². The molecule has 0 saturated heterocycles. The lowest BCUT2D eigenvalue weighted by Crippen LogP contribution is -2.45. The van der Waals surface area contributed by atoms with Crippen molar-refractivity contribution in [1.29, 1.82) is 0 Å². The largest absolute Gasteiger partial charge is 0.466 e. The van der Waals surface area contributed by atoms with E-state index in [1.54, 1.807) is 6.08 Å². The number of hydrogen-bond acceptors (Lipinski definition) is 5. The molecule has 6 nitrogen and oxygen atoms in total. The summed E-state index contributed by atoms with van der Waals surface area (Å²) in [5.41, 5.74) is 0. The molecule has 0 radical (unpaired) electrons. The van der Waals surface area contributed by atoms with Gasteiger partial charge in [-0.25, -0.2) is 0 Å². The van der Waals surface area contributed by atoms with Gasteiger partial charge in [-0.15, -0.1) is 0 Å². The van der Waals surface area contributed by atoms with Crippen molar-refractivity contribution in [2.24, 2.45) is 0 Å². The molecular formula is C73H139NO5. The molecule has 0 aromatic carbocycles. The van der Waals surface area contributed by atoms with Gasteiger partial charge in [-0.2, -0.15) is 0 Å². The van der Waals surface area contributed by atoms with Crippen LogP contribution in [-0.2, 0) is 14.3 Å². The third kappa shape index (κ3) is 65.1. The van der Waals surface area contributed by atoms with E-state index < -0.39 is 12.1 Å². The van der Waals surface area contributed by atoms with E-state index in [9.17, 15) is 19.8 Å². The number of carbonyl (C=O) groups is 2. The molecule has 2 atom stereocenters. The molecule has 3 N–H and O–H groups in total. The van der Waals surface area contributed by atoms with E-state index in [0.717, 1.165) is 51.4 Å². The van der Waals surface area contributed by atoms with Crippen LogP contribution < -0.4 is 5.32 Å². The second-order valence-corrected chi connectivity index (χ2v) is 24.6. The number of ether oxygens (including phenoxy) is 1. The van der Waals surface area contributed by atoms with E-state index in [4.69, 9.17) is 4.74 Å². The molecule has 0 spiro atoms. The molecule has 0 heterocycles.